The lowest BCUT2D eigenvalue weighted by Crippen LogP contribution is -2.32. The molecule has 0 spiro atoms. The maximum atomic E-state index is 13.3. The van der Waals surface area contributed by atoms with Gasteiger partial charge in [0, 0.05) is 44.2 Å². The topological polar surface area (TPSA) is 149 Å². The molecule has 1 unspecified atom stereocenters. The minimum absolute atomic E-state index is 0.111. The molecule has 1 atom stereocenters. The first-order valence-electron chi connectivity index (χ1n) is 12.9. The Bertz CT molecular complexity index is 1370. The van der Waals surface area contributed by atoms with E-state index in [2.05, 4.69) is 10.6 Å². The fourth-order valence-electron chi connectivity index (χ4n) is 4.34. The minimum Gasteiger partial charge on any atom is -0.466 e. The number of hydrogen-bond acceptors (Lipinski definition) is 10. The summed E-state index contributed by atoms with van der Waals surface area (Å²) in [5, 5.41) is 17.7. The summed E-state index contributed by atoms with van der Waals surface area (Å²) in [4.78, 5) is 49.9. The summed E-state index contributed by atoms with van der Waals surface area (Å²) < 4.78 is 15.7. The quantitative estimate of drug-likeness (QED) is 0.178. The lowest BCUT2D eigenvalue weighted by molar-refractivity contribution is -0.384. The maximum absolute atomic E-state index is 13.3. The van der Waals surface area contributed by atoms with E-state index in [0.717, 1.165) is 5.56 Å². The first-order chi connectivity index (χ1) is 19.5. The van der Waals surface area contributed by atoms with Gasteiger partial charge in [-0.25, -0.2) is 14.4 Å². The van der Waals surface area contributed by atoms with Crippen LogP contribution in [0.2, 0.25) is 0 Å². The van der Waals surface area contributed by atoms with Crippen LogP contribution in [0.25, 0.3) is 0 Å². The van der Waals surface area contributed by atoms with E-state index in [0.29, 0.717) is 42.2 Å². The Morgan fingerprint density at radius 1 is 1.02 bits per heavy atom. The van der Waals surface area contributed by atoms with Gasteiger partial charge in [0.1, 0.15) is 5.75 Å². The number of ether oxygens (including phenoxy) is 3. The van der Waals surface area contributed by atoms with Crippen LogP contribution in [0.4, 0.5) is 10.5 Å². The highest BCUT2D eigenvalue weighted by Crippen LogP contribution is 2.40. The number of nitrogens with zero attached hydrogens (tertiary/aromatic N) is 2. The number of nitro groups is 1. The average molecular weight is 567 g/mol. The zero-order valence-corrected chi connectivity index (χ0v) is 23.7. The van der Waals surface area contributed by atoms with Crippen LogP contribution in [0.15, 0.2) is 71.1 Å². The lowest BCUT2D eigenvalue weighted by atomic mass is 9.80. The van der Waals surface area contributed by atoms with Crippen LogP contribution in [0.1, 0.15) is 37.3 Å². The molecule has 1 amide bonds. The van der Waals surface area contributed by atoms with Crippen LogP contribution in [0, 0.1) is 10.1 Å². The van der Waals surface area contributed by atoms with Crippen molar-refractivity contribution in [1.29, 1.82) is 0 Å². The van der Waals surface area contributed by atoms with Crippen LogP contribution >= 0.6 is 0 Å². The highest BCUT2D eigenvalue weighted by Gasteiger charge is 2.38. The number of rotatable bonds is 11. The molecular formula is C29H34N4O8. The van der Waals surface area contributed by atoms with Crippen LogP contribution < -0.4 is 15.4 Å². The monoisotopic (exact) mass is 566 g/mol. The SMILES string of the molecule is COC(=O)C1=C(C)NC(C)=C(C(=O)OCCCNCc2ccc(OC(=O)N(C)C)cc2)C1c1cccc([N+](=O)[O-])c1. The average Bonchev–Trinajstić information content (AvgIpc) is 2.94. The molecule has 1 aliphatic rings. The van der Waals surface area contributed by atoms with Crippen molar-refractivity contribution in [2.45, 2.75) is 32.7 Å². The van der Waals surface area contributed by atoms with Crippen molar-refractivity contribution < 1.29 is 33.5 Å². The van der Waals surface area contributed by atoms with E-state index in [9.17, 15) is 24.5 Å². The summed E-state index contributed by atoms with van der Waals surface area (Å²) in [6, 6.07) is 12.9. The third-order valence-electron chi connectivity index (χ3n) is 6.35. The predicted molar refractivity (Wildman–Crippen MR) is 150 cm³/mol. The van der Waals surface area contributed by atoms with Crippen molar-refractivity contribution in [3.05, 3.63) is 92.3 Å². The number of dihydropyridines is 1. The molecule has 0 fully saturated rings. The second kappa shape index (κ2) is 14.1. The number of hydrogen-bond donors (Lipinski definition) is 2. The maximum Gasteiger partial charge on any atom is 0.414 e. The van der Waals surface area contributed by atoms with E-state index >= 15 is 0 Å². The van der Waals surface area contributed by atoms with Gasteiger partial charge in [-0.05, 0) is 50.1 Å². The van der Waals surface area contributed by atoms with Crippen molar-refractivity contribution in [2.75, 3.05) is 34.4 Å². The van der Waals surface area contributed by atoms with Gasteiger partial charge in [0.15, 0.2) is 0 Å². The van der Waals surface area contributed by atoms with Crippen LogP contribution in [0.3, 0.4) is 0 Å². The molecule has 0 aliphatic carbocycles. The van der Waals surface area contributed by atoms with E-state index in [1.54, 1.807) is 46.1 Å². The summed E-state index contributed by atoms with van der Waals surface area (Å²) in [5.41, 5.74) is 2.54. The number of carbonyl (C=O) groups is 3. The normalized spacial score (nSPS) is 14.7. The van der Waals surface area contributed by atoms with Gasteiger partial charge in [-0.1, -0.05) is 24.3 Å². The summed E-state index contributed by atoms with van der Waals surface area (Å²) in [5.74, 6) is -1.75. The second-order valence-corrected chi connectivity index (χ2v) is 9.55. The first-order valence-corrected chi connectivity index (χ1v) is 12.9. The fraction of sp³-hybridized carbons (Fsp3) is 0.345. The molecule has 0 saturated carbocycles. The molecule has 1 aliphatic heterocycles. The summed E-state index contributed by atoms with van der Waals surface area (Å²) in [6.45, 7) is 4.59. The molecule has 3 rings (SSSR count). The number of nitro benzene ring substituents is 1. The molecule has 0 aromatic heterocycles. The number of amides is 1. The predicted octanol–water partition coefficient (Wildman–Crippen LogP) is 3.79. The lowest BCUT2D eigenvalue weighted by Gasteiger charge is -2.30. The molecular weight excluding hydrogens is 532 g/mol. The molecule has 41 heavy (non-hydrogen) atoms. The number of benzene rings is 2. The third-order valence-corrected chi connectivity index (χ3v) is 6.35. The van der Waals surface area contributed by atoms with E-state index in [-0.39, 0.29) is 23.4 Å². The van der Waals surface area contributed by atoms with E-state index in [4.69, 9.17) is 14.2 Å². The number of carbonyl (C=O) groups excluding carboxylic acids is 3. The number of nitrogens with one attached hydrogen (secondary N) is 2. The van der Waals surface area contributed by atoms with Crippen molar-refractivity contribution >= 4 is 23.7 Å². The third kappa shape index (κ3) is 7.92. The van der Waals surface area contributed by atoms with Crippen LogP contribution in [-0.4, -0.2) is 62.2 Å². The van der Waals surface area contributed by atoms with Gasteiger partial charge in [-0.2, -0.15) is 0 Å². The van der Waals surface area contributed by atoms with Crippen LogP contribution in [-0.2, 0) is 25.6 Å². The molecule has 0 saturated heterocycles. The molecule has 218 valence electrons. The van der Waals surface area contributed by atoms with Gasteiger partial charge in [0.25, 0.3) is 5.69 Å². The summed E-state index contributed by atoms with van der Waals surface area (Å²) in [6.07, 6.45) is 0.0639. The molecule has 0 bridgehead atoms. The zero-order valence-electron chi connectivity index (χ0n) is 23.7. The Morgan fingerprint density at radius 2 is 1.68 bits per heavy atom. The van der Waals surface area contributed by atoms with Gasteiger partial charge < -0.3 is 29.7 Å². The second-order valence-electron chi connectivity index (χ2n) is 9.55. The first kappa shape index (κ1) is 30.8. The van der Waals surface area contributed by atoms with Gasteiger partial charge in [0.2, 0.25) is 0 Å². The molecule has 2 aromatic rings. The fourth-order valence-corrected chi connectivity index (χ4v) is 4.34. The van der Waals surface area contributed by atoms with Crippen molar-refractivity contribution in [3.63, 3.8) is 0 Å². The van der Waals surface area contributed by atoms with Gasteiger partial charge in [0.05, 0.1) is 35.7 Å². The van der Waals surface area contributed by atoms with E-state index in [1.807, 2.05) is 12.1 Å². The van der Waals surface area contributed by atoms with Crippen molar-refractivity contribution in [1.82, 2.24) is 15.5 Å². The minimum atomic E-state index is -0.908. The Morgan fingerprint density at radius 3 is 2.29 bits per heavy atom. The summed E-state index contributed by atoms with van der Waals surface area (Å²) >= 11 is 0. The van der Waals surface area contributed by atoms with Crippen LogP contribution in [0.5, 0.6) is 5.75 Å². The van der Waals surface area contributed by atoms with Crippen molar-refractivity contribution in [3.8, 4) is 5.75 Å². The Balaban J connectivity index is 1.62. The van der Waals surface area contributed by atoms with Gasteiger partial charge in [-0.3, -0.25) is 10.1 Å². The molecule has 2 N–H and O–H groups in total. The van der Waals surface area contributed by atoms with E-state index in [1.165, 1.54) is 30.2 Å². The molecule has 0 radical (unpaired) electrons. The van der Waals surface area contributed by atoms with Gasteiger partial charge in [-0.15, -0.1) is 0 Å². The zero-order chi connectivity index (χ0) is 30.1. The largest absolute Gasteiger partial charge is 0.466 e. The number of esters is 2. The van der Waals surface area contributed by atoms with Gasteiger partial charge >= 0.3 is 18.0 Å². The Labute approximate surface area is 238 Å². The highest BCUT2D eigenvalue weighted by atomic mass is 16.6. The highest BCUT2D eigenvalue weighted by molar-refractivity contribution is 5.99. The number of methoxy groups -OCH3 is 1. The summed E-state index contributed by atoms with van der Waals surface area (Å²) in [7, 11) is 4.45. The number of non-ortho nitro benzene ring substituents is 1. The standard InChI is InChI=1S/C29H34N4O8/c1-18-24(27(34)39-5)26(21-8-6-9-22(16-21)33(37)38)25(19(2)31-18)28(35)40-15-7-14-30-17-20-10-12-23(13-11-20)41-29(36)32(3)4/h6,8-13,16,26,30-31H,7,14-15,17H2,1-5H3. The molecule has 12 heteroatoms. The van der Waals surface area contributed by atoms with E-state index < -0.39 is 28.9 Å². The molecule has 2 aromatic carbocycles. The molecule has 1 heterocycles. The smallest absolute Gasteiger partial charge is 0.414 e. The Hall–Kier alpha value is -4.71. The Kier molecular flexibility index (Phi) is 10.6. The number of allylic oxidation sites excluding steroid dienone is 2. The van der Waals surface area contributed by atoms with Crippen molar-refractivity contribution in [2.24, 2.45) is 0 Å². The molecule has 12 nitrogen and oxygen atoms in total.